The van der Waals surface area contributed by atoms with E-state index in [4.69, 9.17) is 23.2 Å². The van der Waals surface area contributed by atoms with E-state index in [9.17, 15) is 8.78 Å². The highest BCUT2D eigenvalue weighted by Crippen LogP contribution is 2.27. The summed E-state index contributed by atoms with van der Waals surface area (Å²) in [5.41, 5.74) is 4.59. The number of hydrogen-bond donors (Lipinski definition) is 1. The molecular weight excluding hydrogens is 451 g/mol. The molecule has 5 aromatic rings. The monoisotopic (exact) mass is 466 g/mol. The summed E-state index contributed by atoms with van der Waals surface area (Å²) in [4.78, 5) is 7.48. The van der Waals surface area contributed by atoms with Crippen molar-refractivity contribution in [3.05, 3.63) is 106 Å². The molecule has 0 unspecified atom stereocenters. The van der Waals surface area contributed by atoms with Crippen LogP contribution < -0.4 is 4.57 Å². The smallest absolute Gasteiger partial charge is 0.195 e. The van der Waals surface area contributed by atoms with Gasteiger partial charge in [-0.1, -0.05) is 53.5 Å². The Morgan fingerprint density at radius 1 is 0.875 bits per heavy atom. The second-order valence-corrected chi connectivity index (χ2v) is 8.33. The molecular formula is C25H16Cl2F2N3+. The lowest BCUT2D eigenvalue weighted by Crippen LogP contribution is -2.33. The van der Waals surface area contributed by atoms with Crippen LogP contribution in [0.4, 0.5) is 8.78 Å². The maximum Gasteiger partial charge on any atom is 0.195 e. The van der Waals surface area contributed by atoms with Gasteiger partial charge >= 0.3 is 0 Å². The number of aromatic amines is 1. The molecule has 2 heterocycles. The third-order valence-corrected chi connectivity index (χ3v) is 5.64. The first-order chi connectivity index (χ1) is 15.5. The number of fused-ring (bicyclic) bond motifs is 1. The third kappa shape index (κ3) is 4.09. The molecule has 158 valence electrons. The second kappa shape index (κ2) is 8.34. The van der Waals surface area contributed by atoms with Crippen LogP contribution in [0.2, 0.25) is 10.0 Å². The lowest BCUT2D eigenvalue weighted by Gasteiger charge is -2.05. The molecule has 0 aliphatic heterocycles. The minimum absolute atomic E-state index is 0.101. The van der Waals surface area contributed by atoms with Gasteiger partial charge in [-0.3, -0.25) is 0 Å². The molecule has 7 heteroatoms. The van der Waals surface area contributed by atoms with E-state index in [0.717, 1.165) is 28.3 Å². The Kier molecular flexibility index (Phi) is 5.37. The number of aromatic nitrogens is 3. The van der Waals surface area contributed by atoms with Crippen LogP contribution in [0.15, 0.2) is 79.1 Å². The highest BCUT2D eigenvalue weighted by atomic mass is 35.5. The molecule has 0 aliphatic rings. The molecule has 0 bridgehead atoms. The molecule has 0 spiro atoms. The molecule has 3 nitrogen and oxygen atoms in total. The van der Waals surface area contributed by atoms with Gasteiger partial charge in [0.2, 0.25) is 0 Å². The van der Waals surface area contributed by atoms with Gasteiger partial charge in [0.15, 0.2) is 30.6 Å². The number of H-pyrrole nitrogens is 1. The lowest BCUT2D eigenvalue weighted by molar-refractivity contribution is -0.687. The first-order valence-electron chi connectivity index (χ1n) is 9.85. The van der Waals surface area contributed by atoms with E-state index in [0.29, 0.717) is 27.9 Å². The Balaban J connectivity index is 1.40. The Hall–Kier alpha value is -3.28. The highest BCUT2D eigenvalue weighted by Gasteiger charge is 2.15. The van der Waals surface area contributed by atoms with Gasteiger partial charge in [0.1, 0.15) is 16.9 Å². The number of rotatable bonds is 4. The summed E-state index contributed by atoms with van der Waals surface area (Å²) >= 11 is 12.2. The van der Waals surface area contributed by atoms with Crippen molar-refractivity contribution < 1.29 is 13.3 Å². The van der Waals surface area contributed by atoms with E-state index in [-0.39, 0.29) is 5.56 Å². The van der Waals surface area contributed by atoms with E-state index in [1.807, 2.05) is 59.4 Å². The van der Waals surface area contributed by atoms with Gasteiger partial charge in [-0.2, -0.15) is 4.57 Å². The minimum atomic E-state index is -0.916. The quantitative estimate of drug-likeness (QED) is 0.289. The number of nitrogens with one attached hydrogen (secondary N) is 1. The zero-order chi connectivity index (χ0) is 22.2. The molecule has 0 saturated carbocycles. The predicted octanol–water partition coefficient (Wildman–Crippen LogP) is 6.82. The highest BCUT2D eigenvalue weighted by molar-refractivity contribution is 6.35. The van der Waals surface area contributed by atoms with Crippen LogP contribution >= 0.6 is 23.2 Å². The average molecular weight is 467 g/mol. The molecule has 2 aromatic heterocycles. The molecule has 5 rings (SSSR count). The van der Waals surface area contributed by atoms with Gasteiger partial charge in [-0.05, 0) is 41.5 Å². The van der Waals surface area contributed by atoms with Crippen molar-refractivity contribution in [3.8, 4) is 22.5 Å². The molecule has 0 aliphatic carbocycles. The van der Waals surface area contributed by atoms with Crippen LogP contribution in [0.3, 0.4) is 0 Å². The number of benzene rings is 3. The number of pyridine rings is 1. The number of nitrogens with zero attached hydrogens (tertiary/aromatic N) is 2. The van der Waals surface area contributed by atoms with Crippen molar-refractivity contribution in [2.75, 3.05) is 0 Å². The van der Waals surface area contributed by atoms with Crippen LogP contribution in [-0.2, 0) is 6.54 Å². The van der Waals surface area contributed by atoms with Gasteiger partial charge in [-0.25, -0.2) is 13.8 Å². The zero-order valence-electron chi connectivity index (χ0n) is 16.6. The largest absolute Gasteiger partial charge is 0.333 e. The fourth-order valence-electron chi connectivity index (χ4n) is 3.65. The molecule has 1 N–H and O–H groups in total. The predicted molar refractivity (Wildman–Crippen MR) is 123 cm³/mol. The van der Waals surface area contributed by atoms with E-state index in [1.165, 1.54) is 12.1 Å². The van der Waals surface area contributed by atoms with Gasteiger partial charge in [0.05, 0.1) is 5.56 Å². The first-order valence-corrected chi connectivity index (χ1v) is 10.6. The zero-order valence-corrected chi connectivity index (χ0v) is 18.1. The summed E-state index contributed by atoms with van der Waals surface area (Å²) in [5, 5.41) is 1.19. The van der Waals surface area contributed by atoms with Gasteiger partial charge in [0, 0.05) is 21.7 Å². The Morgan fingerprint density at radius 3 is 2.38 bits per heavy atom. The van der Waals surface area contributed by atoms with E-state index >= 15 is 0 Å². The maximum absolute atomic E-state index is 14.1. The van der Waals surface area contributed by atoms with Crippen molar-refractivity contribution in [1.29, 1.82) is 0 Å². The average Bonchev–Trinajstić information content (AvgIpc) is 3.18. The molecule has 0 radical (unpaired) electrons. The van der Waals surface area contributed by atoms with Crippen molar-refractivity contribution in [2.24, 2.45) is 0 Å². The van der Waals surface area contributed by atoms with Gasteiger partial charge in [0.25, 0.3) is 0 Å². The summed E-state index contributed by atoms with van der Waals surface area (Å²) in [5.74, 6) is -1.53. The lowest BCUT2D eigenvalue weighted by atomic mass is 10.0. The maximum atomic E-state index is 14.1. The SMILES string of the molecule is Fc1cccc(-c2nc3cc[n+](Cc4ccc(-c5cc(Cl)cc(Cl)c5)cc4)cc3[nH]2)c1F. The van der Waals surface area contributed by atoms with Crippen LogP contribution in [0.25, 0.3) is 33.5 Å². The second-order valence-electron chi connectivity index (χ2n) is 7.46. The van der Waals surface area contributed by atoms with E-state index in [2.05, 4.69) is 9.97 Å². The van der Waals surface area contributed by atoms with E-state index in [1.54, 1.807) is 6.07 Å². The van der Waals surface area contributed by atoms with Gasteiger partial charge in [-0.15, -0.1) is 0 Å². The molecule has 0 amide bonds. The molecule has 0 fully saturated rings. The number of halogens is 4. The fourth-order valence-corrected chi connectivity index (χ4v) is 4.17. The molecule has 32 heavy (non-hydrogen) atoms. The van der Waals surface area contributed by atoms with Crippen LogP contribution in [0.5, 0.6) is 0 Å². The Labute approximate surface area is 192 Å². The van der Waals surface area contributed by atoms with Crippen LogP contribution in [-0.4, -0.2) is 9.97 Å². The number of hydrogen-bond acceptors (Lipinski definition) is 1. The topological polar surface area (TPSA) is 32.6 Å². The molecule has 0 atom stereocenters. The Morgan fingerprint density at radius 2 is 1.62 bits per heavy atom. The third-order valence-electron chi connectivity index (χ3n) is 5.20. The van der Waals surface area contributed by atoms with Crippen molar-refractivity contribution in [2.45, 2.75) is 6.54 Å². The van der Waals surface area contributed by atoms with Crippen molar-refractivity contribution >= 4 is 34.2 Å². The summed E-state index contributed by atoms with van der Waals surface area (Å²) in [6.45, 7) is 0.634. The molecule has 3 aromatic carbocycles. The summed E-state index contributed by atoms with van der Waals surface area (Å²) in [6, 6.07) is 19.5. The summed E-state index contributed by atoms with van der Waals surface area (Å²) in [7, 11) is 0. The van der Waals surface area contributed by atoms with Gasteiger partial charge < -0.3 is 4.98 Å². The summed E-state index contributed by atoms with van der Waals surface area (Å²) in [6.07, 6.45) is 3.80. The minimum Gasteiger partial charge on any atom is -0.333 e. The van der Waals surface area contributed by atoms with Crippen molar-refractivity contribution in [3.63, 3.8) is 0 Å². The van der Waals surface area contributed by atoms with Crippen LogP contribution in [0, 0.1) is 11.6 Å². The normalized spacial score (nSPS) is 11.2. The first kappa shape index (κ1) is 20.6. The Bertz CT molecular complexity index is 1430. The molecule has 0 saturated heterocycles. The van der Waals surface area contributed by atoms with Crippen molar-refractivity contribution in [1.82, 2.24) is 9.97 Å². The van der Waals surface area contributed by atoms with Crippen LogP contribution in [0.1, 0.15) is 5.56 Å². The number of imidazole rings is 1. The van der Waals surface area contributed by atoms with E-state index < -0.39 is 11.6 Å². The standard InChI is InChI=1S/C25H15Cl2F2N3/c26-18-10-17(11-19(27)12-18)16-6-4-15(5-7-16)13-32-9-8-22-23(14-32)31-25(30-22)20-2-1-3-21(28)24(20)29/h1-12,14H,13H2/p+1. The summed E-state index contributed by atoms with van der Waals surface area (Å²) < 4.78 is 29.7. The fraction of sp³-hybridized carbons (Fsp3) is 0.0400.